The largest absolute Gasteiger partial charge is 0.472 e. The molecular weight excluding hydrogens is 428 g/mol. The molecular formula is C25H32O8. The van der Waals surface area contributed by atoms with Crippen molar-refractivity contribution < 1.29 is 38.4 Å². The van der Waals surface area contributed by atoms with E-state index in [9.17, 15) is 19.8 Å². The fraction of sp³-hybridized carbons (Fsp3) is 0.760. The summed E-state index contributed by atoms with van der Waals surface area (Å²) in [5.41, 5.74) is -4.31. The highest BCUT2D eigenvalue weighted by atomic mass is 16.7. The molecule has 8 nitrogen and oxygen atoms in total. The Hall–Kier alpha value is -1.74. The van der Waals surface area contributed by atoms with E-state index in [1.807, 2.05) is 34.6 Å². The van der Waals surface area contributed by atoms with Gasteiger partial charge in [0.15, 0.2) is 11.9 Å². The van der Waals surface area contributed by atoms with Gasteiger partial charge >= 0.3 is 5.97 Å². The molecule has 1 aromatic rings. The topological polar surface area (TPSA) is 119 Å². The van der Waals surface area contributed by atoms with Gasteiger partial charge in [0.1, 0.15) is 17.5 Å². The van der Waals surface area contributed by atoms with E-state index in [4.69, 9.17) is 18.6 Å². The van der Waals surface area contributed by atoms with Gasteiger partial charge in [-0.1, -0.05) is 13.8 Å². The van der Waals surface area contributed by atoms with Crippen molar-refractivity contribution in [2.24, 2.45) is 28.1 Å². The third kappa shape index (κ3) is 2.06. The molecule has 2 N–H and O–H groups in total. The number of hydrogen-bond donors (Lipinski definition) is 2. The number of esters is 1. The number of carbonyl (C=O) groups excluding carboxylic acids is 2. The first kappa shape index (κ1) is 21.8. The van der Waals surface area contributed by atoms with Crippen LogP contribution in [0.4, 0.5) is 0 Å². The third-order valence-corrected chi connectivity index (χ3v) is 10.4. The van der Waals surface area contributed by atoms with Crippen LogP contribution in [0, 0.1) is 28.1 Å². The van der Waals surface area contributed by atoms with Crippen molar-refractivity contribution in [2.45, 2.75) is 89.7 Å². The Kier molecular flexibility index (Phi) is 3.78. The van der Waals surface area contributed by atoms with Crippen LogP contribution in [0.2, 0.25) is 0 Å². The molecule has 5 aliphatic rings. The van der Waals surface area contributed by atoms with Gasteiger partial charge in [-0.15, -0.1) is 0 Å². The Labute approximate surface area is 192 Å². The lowest BCUT2D eigenvalue weighted by atomic mass is 9.36. The molecule has 3 saturated heterocycles. The van der Waals surface area contributed by atoms with Gasteiger partial charge < -0.3 is 28.8 Å². The van der Waals surface area contributed by atoms with Crippen molar-refractivity contribution in [3.05, 3.63) is 24.2 Å². The standard InChI is InChI=1S/C25H32O8/c1-20(2)14-9-15(27)23(5)16(22(14,4)24(6,29)33-20)13(26)10-21(3)17(12-7-8-30-11-12)31-19(28)18-25(21,23)32-18/h7-8,11,13-14,16-18,26,29H,9-10H2,1-6H3/t13-,14+,16-,17-,18+,21-,22+,23+,24-,25-/m0/s1. The number of Topliss-reactive ketones (excluding diaryl/α,β-unsaturated/α-hetero) is 1. The van der Waals surface area contributed by atoms with E-state index >= 15 is 0 Å². The molecule has 0 amide bonds. The average molecular weight is 461 g/mol. The number of ether oxygens (including phenoxy) is 3. The fourth-order valence-electron chi connectivity index (χ4n) is 9.06. The zero-order chi connectivity index (χ0) is 24.0. The summed E-state index contributed by atoms with van der Waals surface area (Å²) < 4.78 is 23.5. The minimum Gasteiger partial charge on any atom is -0.472 e. The smallest absolute Gasteiger partial charge is 0.339 e. The van der Waals surface area contributed by atoms with Gasteiger partial charge in [0.25, 0.3) is 0 Å². The Morgan fingerprint density at radius 3 is 2.39 bits per heavy atom. The Morgan fingerprint density at radius 2 is 1.76 bits per heavy atom. The van der Waals surface area contributed by atoms with E-state index in [0.29, 0.717) is 5.56 Å². The van der Waals surface area contributed by atoms with E-state index in [0.717, 1.165) is 0 Å². The molecule has 1 spiro atoms. The molecule has 0 bridgehead atoms. The van der Waals surface area contributed by atoms with E-state index in [2.05, 4.69) is 0 Å². The van der Waals surface area contributed by atoms with Crippen LogP contribution in [-0.2, 0) is 23.8 Å². The van der Waals surface area contributed by atoms with Gasteiger partial charge in [0, 0.05) is 34.7 Å². The van der Waals surface area contributed by atoms with Crippen LogP contribution in [-0.4, -0.2) is 51.2 Å². The zero-order valence-corrected chi connectivity index (χ0v) is 19.9. The molecule has 33 heavy (non-hydrogen) atoms. The second-order valence-corrected chi connectivity index (χ2v) is 12.1. The first-order valence-corrected chi connectivity index (χ1v) is 11.7. The van der Waals surface area contributed by atoms with Crippen LogP contribution in [0.3, 0.4) is 0 Å². The second-order valence-electron chi connectivity index (χ2n) is 12.1. The highest BCUT2D eigenvalue weighted by Crippen LogP contribution is 2.80. The van der Waals surface area contributed by atoms with E-state index in [1.54, 1.807) is 13.0 Å². The van der Waals surface area contributed by atoms with Crippen LogP contribution >= 0.6 is 0 Å². The number of rotatable bonds is 1. The maximum absolute atomic E-state index is 14.1. The lowest BCUT2D eigenvalue weighted by Gasteiger charge is -2.66. The summed E-state index contributed by atoms with van der Waals surface area (Å²) in [6.45, 7) is 11.0. The van der Waals surface area contributed by atoms with Gasteiger partial charge in [-0.25, -0.2) is 4.79 Å². The molecule has 0 aromatic carbocycles. The summed E-state index contributed by atoms with van der Waals surface area (Å²) in [5.74, 6) is -3.15. The minimum absolute atomic E-state index is 0.0718. The van der Waals surface area contributed by atoms with Crippen LogP contribution < -0.4 is 0 Å². The van der Waals surface area contributed by atoms with E-state index in [1.165, 1.54) is 12.5 Å². The van der Waals surface area contributed by atoms with Gasteiger partial charge in [0.2, 0.25) is 0 Å². The average Bonchev–Trinajstić information content (AvgIpc) is 3.23. The minimum atomic E-state index is -1.58. The number of fused-ring (bicyclic) bond motifs is 3. The molecule has 0 radical (unpaired) electrons. The van der Waals surface area contributed by atoms with Gasteiger partial charge in [-0.05, 0) is 40.2 Å². The highest BCUT2D eigenvalue weighted by Gasteiger charge is 2.91. The second kappa shape index (κ2) is 5.73. The number of epoxide rings is 1. The van der Waals surface area contributed by atoms with E-state index in [-0.39, 0.29) is 24.5 Å². The number of carbonyl (C=O) groups is 2. The van der Waals surface area contributed by atoms with Crippen LogP contribution in [0.15, 0.2) is 23.0 Å². The number of aliphatic hydroxyl groups is 2. The Bertz CT molecular complexity index is 1060. The first-order chi connectivity index (χ1) is 15.2. The lowest BCUT2D eigenvalue weighted by Crippen LogP contribution is -2.75. The summed E-state index contributed by atoms with van der Waals surface area (Å²) in [6.07, 6.45) is 0.855. The first-order valence-electron chi connectivity index (χ1n) is 11.7. The summed E-state index contributed by atoms with van der Waals surface area (Å²) in [7, 11) is 0. The normalized spacial score (nSPS) is 56.3. The number of furan rings is 1. The highest BCUT2D eigenvalue weighted by molar-refractivity contribution is 5.93. The molecule has 4 heterocycles. The van der Waals surface area contributed by atoms with Crippen LogP contribution in [0.1, 0.15) is 66.1 Å². The predicted octanol–water partition coefficient (Wildman–Crippen LogP) is 2.52. The molecule has 8 heteroatoms. The number of hydrogen-bond acceptors (Lipinski definition) is 8. The SMILES string of the molecule is CC1(C)O[C@](C)(O)[C@]2(C)[C@@H]1CC(=O)[C@]1(C)[C@H]2[C@@H](O)C[C@@]2(C)[C@H](c3ccoc3)OC(=O)[C@H]3O[C@@]321. The Balaban J connectivity index is 1.58. The van der Waals surface area contributed by atoms with Gasteiger partial charge in [0.05, 0.1) is 29.6 Å². The number of ketones is 1. The molecule has 6 rings (SSSR count). The zero-order valence-electron chi connectivity index (χ0n) is 19.9. The van der Waals surface area contributed by atoms with Crippen LogP contribution in [0.5, 0.6) is 0 Å². The van der Waals surface area contributed by atoms with Crippen molar-refractivity contribution in [2.75, 3.05) is 0 Å². The molecule has 0 unspecified atom stereocenters. The Morgan fingerprint density at radius 1 is 1.06 bits per heavy atom. The van der Waals surface area contributed by atoms with Crippen molar-refractivity contribution in [3.63, 3.8) is 0 Å². The van der Waals surface area contributed by atoms with Gasteiger partial charge in [-0.3, -0.25) is 4.79 Å². The van der Waals surface area contributed by atoms with E-state index < -0.39 is 63.4 Å². The molecule has 5 fully saturated rings. The molecule has 180 valence electrons. The van der Waals surface area contributed by atoms with Gasteiger partial charge in [-0.2, -0.15) is 0 Å². The molecule has 10 atom stereocenters. The van der Waals surface area contributed by atoms with Crippen LogP contribution in [0.25, 0.3) is 0 Å². The molecule has 2 saturated carbocycles. The molecule has 2 aliphatic carbocycles. The summed E-state index contributed by atoms with van der Waals surface area (Å²) in [6, 6.07) is 1.73. The van der Waals surface area contributed by atoms with Crippen molar-refractivity contribution in [3.8, 4) is 0 Å². The summed E-state index contributed by atoms with van der Waals surface area (Å²) in [5, 5.41) is 23.3. The fourth-order valence-corrected chi connectivity index (χ4v) is 9.06. The quantitative estimate of drug-likeness (QED) is 0.485. The predicted molar refractivity (Wildman–Crippen MR) is 112 cm³/mol. The van der Waals surface area contributed by atoms with Crippen molar-refractivity contribution in [1.82, 2.24) is 0 Å². The number of cyclic esters (lactones) is 1. The maximum Gasteiger partial charge on any atom is 0.339 e. The van der Waals surface area contributed by atoms with Crippen molar-refractivity contribution in [1.29, 1.82) is 0 Å². The maximum atomic E-state index is 14.1. The number of aliphatic hydroxyl groups excluding tert-OH is 1. The molecule has 1 aromatic heterocycles. The van der Waals surface area contributed by atoms with Crippen molar-refractivity contribution >= 4 is 11.8 Å². The molecule has 3 aliphatic heterocycles. The lowest BCUT2D eigenvalue weighted by molar-refractivity contribution is -0.289. The summed E-state index contributed by atoms with van der Waals surface area (Å²) in [4.78, 5) is 27.2. The summed E-state index contributed by atoms with van der Waals surface area (Å²) >= 11 is 0. The monoisotopic (exact) mass is 460 g/mol. The third-order valence-electron chi connectivity index (χ3n) is 10.4.